The van der Waals surface area contributed by atoms with E-state index in [0.717, 1.165) is 19.7 Å². The smallest absolute Gasteiger partial charge is 0.0594 e. The minimum atomic E-state index is 0.538. The molecule has 1 saturated carbocycles. The number of rotatable bonds is 6. The normalized spacial score (nSPS) is 16.5. The second kappa shape index (κ2) is 6.77. The fourth-order valence-corrected chi connectivity index (χ4v) is 2.29. The quantitative estimate of drug-likeness (QED) is 0.763. The van der Waals surface area contributed by atoms with Crippen molar-refractivity contribution in [2.75, 3.05) is 13.2 Å². The third-order valence-corrected chi connectivity index (χ3v) is 3.38. The number of nitrogens with one attached hydrogen (secondary N) is 1. The van der Waals surface area contributed by atoms with Crippen molar-refractivity contribution >= 4 is 0 Å². The molecule has 0 saturated heterocycles. The SMILES string of the molecule is Cc1ccc(CNCCOC2CCCC2)cc1. The van der Waals surface area contributed by atoms with E-state index in [4.69, 9.17) is 4.74 Å². The Bertz CT molecular complexity index is 314. The number of benzene rings is 1. The van der Waals surface area contributed by atoms with Gasteiger partial charge in [0.2, 0.25) is 0 Å². The summed E-state index contributed by atoms with van der Waals surface area (Å²) in [6.07, 6.45) is 5.76. The van der Waals surface area contributed by atoms with Crippen LogP contribution in [0.3, 0.4) is 0 Å². The molecule has 0 spiro atoms. The van der Waals surface area contributed by atoms with Crippen molar-refractivity contribution in [3.63, 3.8) is 0 Å². The fourth-order valence-electron chi connectivity index (χ4n) is 2.29. The Morgan fingerprint density at radius 3 is 2.59 bits per heavy atom. The summed E-state index contributed by atoms with van der Waals surface area (Å²) >= 11 is 0. The van der Waals surface area contributed by atoms with Gasteiger partial charge in [-0.05, 0) is 25.3 Å². The molecule has 1 fully saturated rings. The molecular weight excluding hydrogens is 210 g/mol. The molecule has 2 heteroatoms. The van der Waals surface area contributed by atoms with Gasteiger partial charge in [0.05, 0.1) is 12.7 Å². The largest absolute Gasteiger partial charge is 0.377 e. The molecule has 94 valence electrons. The van der Waals surface area contributed by atoms with Crippen LogP contribution in [0.25, 0.3) is 0 Å². The van der Waals surface area contributed by atoms with Crippen molar-refractivity contribution in [3.05, 3.63) is 35.4 Å². The maximum absolute atomic E-state index is 5.80. The molecule has 0 aromatic heterocycles. The maximum Gasteiger partial charge on any atom is 0.0594 e. The van der Waals surface area contributed by atoms with E-state index in [1.54, 1.807) is 0 Å². The van der Waals surface area contributed by atoms with Gasteiger partial charge < -0.3 is 10.1 Å². The third kappa shape index (κ3) is 4.49. The first-order valence-electron chi connectivity index (χ1n) is 6.72. The molecule has 0 heterocycles. The van der Waals surface area contributed by atoms with Gasteiger partial charge in [0.1, 0.15) is 0 Å². The summed E-state index contributed by atoms with van der Waals surface area (Å²) in [7, 11) is 0. The minimum absolute atomic E-state index is 0.538. The molecular formula is C15H23NO. The van der Waals surface area contributed by atoms with Gasteiger partial charge in [0.25, 0.3) is 0 Å². The zero-order valence-electron chi connectivity index (χ0n) is 10.7. The molecule has 1 aromatic rings. The Morgan fingerprint density at radius 2 is 1.88 bits per heavy atom. The molecule has 0 atom stereocenters. The number of hydrogen-bond acceptors (Lipinski definition) is 2. The van der Waals surface area contributed by atoms with Gasteiger partial charge in [-0.3, -0.25) is 0 Å². The molecule has 1 N–H and O–H groups in total. The summed E-state index contributed by atoms with van der Waals surface area (Å²) in [6, 6.07) is 8.68. The summed E-state index contributed by atoms with van der Waals surface area (Å²) in [5.74, 6) is 0. The molecule has 0 unspecified atom stereocenters. The van der Waals surface area contributed by atoms with Crippen LogP contribution in [-0.4, -0.2) is 19.3 Å². The Balaban J connectivity index is 1.55. The van der Waals surface area contributed by atoms with Crippen LogP contribution in [0.1, 0.15) is 36.8 Å². The standard InChI is InChI=1S/C15H23NO/c1-13-6-8-14(9-7-13)12-16-10-11-17-15-4-2-3-5-15/h6-9,15-16H,2-5,10-12H2,1H3. The fraction of sp³-hybridized carbons (Fsp3) is 0.600. The van der Waals surface area contributed by atoms with Gasteiger partial charge in [0, 0.05) is 13.1 Å². The second-order valence-corrected chi connectivity index (χ2v) is 4.94. The lowest BCUT2D eigenvalue weighted by Gasteiger charge is -2.11. The molecule has 1 aromatic carbocycles. The first kappa shape index (κ1) is 12.6. The van der Waals surface area contributed by atoms with Crippen LogP contribution >= 0.6 is 0 Å². The molecule has 0 radical (unpaired) electrons. The first-order chi connectivity index (χ1) is 8.34. The van der Waals surface area contributed by atoms with E-state index in [-0.39, 0.29) is 0 Å². The molecule has 1 aliphatic carbocycles. The lowest BCUT2D eigenvalue weighted by Crippen LogP contribution is -2.21. The van der Waals surface area contributed by atoms with Crippen molar-refractivity contribution < 1.29 is 4.74 Å². The summed E-state index contributed by atoms with van der Waals surface area (Å²) < 4.78 is 5.80. The summed E-state index contributed by atoms with van der Waals surface area (Å²) in [6.45, 7) is 4.85. The molecule has 0 aliphatic heterocycles. The van der Waals surface area contributed by atoms with Gasteiger partial charge in [-0.15, -0.1) is 0 Å². The monoisotopic (exact) mass is 233 g/mol. The van der Waals surface area contributed by atoms with Crippen LogP contribution in [0, 0.1) is 6.92 Å². The molecule has 17 heavy (non-hydrogen) atoms. The minimum Gasteiger partial charge on any atom is -0.377 e. The van der Waals surface area contributed by atoms with Crippen molar-refractivity contribution in [1.29, 1.82) is 0 Å². The number of hydrogen-bond donors (Lipinski definition) is 1. The van der Waals surface area contributed by atoms with Crippen molar-refractivity contribution in [3.8, 4) is 0 Å². The first-order valence-corrected chi connectivity index (χ1v) is 6.72. The molecule has 0 bridgehead atoms. The van der Waals surface area contributed by atoms with E-state index < -0.39 is 0 Å². The van der Waals surface area contributed by atoms with Crippen LogP contribution in [-0.2, 0) is 11.3 Å². The maximum atomic E-state index is 5.80. The molecule has 2 nitrogen and oxygen atoms in total. The zero-order valence-corrected chi connectivity index (χ0v) is 10.7. The van der Waals surface area contributed by atoms with E-state index in [0.29, 0.717) is 6.10 Å². The van der Waals surface area contributed by atoms with E-state index >= 15 is 0 Å². The number of ether oxygens (including phenoxy) is 1. The highest BCUT2D eigenvalue weighted by Crippen LogP contribution is 2.20. The summed E-state index contributed by atoms with van der Waals surface area (Å²) in [5.41, 5.74) is 2.66. The van der Waals surface area contributed by atoms with E-state index in [1.807, 2.05) is 0 Å². The van der Waals surface area contributed by atoms with Gasteiger partial charge >= 0.3 is 0 Å². The van der Waals surface area contributed by atoms with Gasteiger partial charge in [-0.25, -0.2) is 0 Å². The van der Waals surface area contributed by atoms with Crippen LogP contribution in [0.5, 0.6) is 0 Å². The number of aryl methyl sites for hydroxylation is 1. The lowest BCUT2D eigenvalue weighted by atomic mass is 10.1. The van der Waals surface area contributed by atoms with Crippen LogP contribution in [0.2, 0.25) is 0 Å². The highest BCUT2D eigenvalue weighted by molar-refractivity contribution is 5.20. The van der Waals surface area contributed by atoms with Crippen molar-refractivity contribution in [2.24, 2.45) is 0 Å². The lowest BCUT2D eigenvalue weighted by molar-refractivity contribution is 0.0603. The summed E-state index contributed by atoms with van der Waals surface area (Å²) in [5, 5.41) is 3.42. The molecule has 1 aliphatic rings. The van der Waals surface area contributed by atoms with E-state index in [1.165, 1.54) is 36.8 Å². The Morgan fingerprint density at radius 1 is 1.18 bits per heavy atom. The predicted molar refractivity (Wildman–Crippen MR) is 71.1 cm³/mol. The Hall–Kier alpha value is -0.860. The van der Waals surface area contributed by atoms with Crippen LogP contribution < -0.4 is 5.32 Å². The Kier molecular flexibility index (Phi) is 5.02. The van der Waals surface area contributed by atoms with E-state index in [2.05, 4.69) is 36.5 Å². The third-order valence-electron chi connectivity index (χ3n) is 3.38. The average molecular weight is 233 g/mol. The average Bonchev–Trinajstić information content (AvgIpc) is 2.84. The van der Waals surface area contributed by atoms with Crippen LogP contribution in [0.15, 0.2) is 24.3 Å². The molecule has 0 amide bonds. The zero-order chi connectivity index (χ0) is 11.9. The molecule has 2 rings (SSSR count). The van der Waals surface area contributed by atoms with Gasteiger partial charge in [-0.1, -0.05) is 42.7 Å². The predicted octanol–water partition coefficient (Wildman–Crippen LogP) is 3.04. The Labute approximate surface area is 104 Å². The highest BCUT2D eigenvalue weighted by Gasteiger charge is 2.14. The van der Waals surface area contributed by atoms with E-state index in [9.17, 15) is 0 Å². The topological polar surface area (TPSA) is 21.3 Å². The van der Waals surface area contributed by atoms with Gasteiger partial charge in [-0.2, -0.15) is 0 Å². The highest BCUT2D eigenvalue weighted by atomic mass is 16.5. The van der Waals surface area contributed by atoms with Gasteiger partial charge in [0.15, 0.2) is 0 Å². The van der Waals surface area contributed by atoms with Crippen LogP contribution in [0.4, 0.5) is 0 Å². The van der Waals surface area contributed by atoms with Crippen molar-refractivity contribution in [2.45, 2.75) is 45.3 Å². The van der Waals surface area contributed by atoms with Crippen molar-refractivity contribution in [1.82, 2.24) is 5.32 Å². The summed E-state index contributed by atoms with van der Waals surface area (Å²) in [4.78, 5) is 0. The second-order valence-electron chi connectivity index (χ2n) is 4.94.